The quantitative estimate of drug-likeness (QED) is 0.787. The molecule has 5 heteroatoms. The van der Waals surface area contributed by atoms with Crippen molar-refractivity contribution < 1.29 is 13.5 Å². The minimum atomic E-state index is -0.812. The van der Waals surface area contributed by atoms with Crippen molar-refractivity contribution in [3.05, 3.63) is 35.4 Å². The molecule has 0 aliphatic carbocycles. The number of rotatable bonds is 3. The highest BCUT2D eigenvalue weighted by molar-refractivity contribution is 6.18. The fourth-order valence-corrected chi connectivity index (χ4v) is 2.42. The Labute approximate surface area is 110 Å². The third kappa shape index (κ3) is 3.40. The zero-order chi connectivity index (χ0) is 13.1. The van der Waals surface area contributed by atoms with Gasteiger partial charge >= 0.3 is 0 Å². The van der Waals surface area contributed by atoms with E-state index < -0.39 is 11.6 Å². The summed E-state index contributed by atoms with van der Waals surface area (Å²) in [4.78, 5) is 2.15. The van der Waals surface area contributed by atoms with Crippen LogP contribution in [-0.2, 0) is 11.3 Å². The van der Waals surface area contributed by atoms with Gasteiger partial charge in [0.25, 0.3) is 0 Å². The van der Waals surface area contributed by atoms with Crippen LogP contribution in [0.5, 0.6) is 0 Å². The molecule has 0 N–H and O–H groups in total. The fourth-order valence-electron chi connectivity index (χ4n) is 2.25. The summed E-state index contributed by atoms with van der Waals surface area (Å²) in [7, 11) is 0. The van der Waals surface area contributed by atoms with Crippen molar-refractivity contribution >= 4 is 11.6 Å². The summed E-state index contributed by atoms with van der Waals surface area (Å²) >= 11 is 5.80. The molecular formula is C13H16ClF2NO. The van der Waals surface area contributed by atoms with Crippen molar-refractivity contribution in [1.82, 2.24) is 4.90 Å². The van der Waals surface area contributed by atoms with Crippen molar-refractivity contribution in [3.63, 3.8) is 0 Å². The van der Waals surface area contributed by atoms with Crippen molar-refractivity contribution in [2.75, 3.05) is 19.0 Å². The number of alkyl halides is 1. The lowest BCUT2D eigenvalue weighted by molar-refractivity contribution is -0.0689. The zero-order valence-electron chi connectivity index (χ0n) is 10.2. The van der Waals surface area contributed by atoms with Gasteiger partial charge in [0.05, 0.1) is 12.2 Å². The van der Waals surface area contributed by atoms with E-state index in [1.165, 1.54) is 6.07 Å². The van der Waals surface area contributed by atoms with E-state index in [-0.39, 0.29) is 12.2 Å². The lowest BCUT2D eigenvalue weighted by Gasteiger charge is -2.36. The number of hydrogen-bond acceptors (Lipinski definition) is 2. The molecule has 0 bridgehead atoms. The molecule has 18 heavy (non-hydrogen) atoms. The molecule has 100 valence electrons. The molecule has 2 atom stereocenters. The van der Waals surface area contributed by atoms with Gasteiger partial charge in [-0.15, -0.1) is 11.6 Å². The van der Waals surface area contributed by atoms with Crippen molar-refractivity contribution in [3.8, 4) is 0 Å². The lowest BCUT2D eigenvalue weighted by atomic mass is 10.1. The average Bonchev–Trinajstić information content (AvgIpc) is 2.33. The van der Waals surface area contributed by atoms with Crippen LogP contribution in [0.25, 0.3) is 0 Å². The Balaban J connectivity index is 2.01. The van der Waals surface area contributed by atoms with Crippen molar-refractivity contribution in [2.45, 2.75) is 25.7 Å². The number of ether oxygens (including phenoxy) is 1. The van der Waals surface area contributed by atoms with Crippen molar-refractivity contribution in [1.29, 1.82) is 0 Å². The molecule has 0 saturated carbocycles. The molecule has 1 fully saturated rings. The number of halogens is 3. The summed E-state index contributed by atoms with van der Waals surface area (Å²) in [6, 6.07) is 4.01. The summed E-state index contributed by atoms with van der Waals surface area (Å²) in [5, 5.41) is 0. The standard InChI is InChI=1S/C13H16ClF2NO/c1-9-6-17(8-11(5-14)18-9)7-10-2-3-12(15)13(16)4-10/h2-4,9,11H,5-8H2,1H3. The highest BCUT2D eigenvalue weighted by atomic mass is 35.5. The molecule has 1 aliphatic rings. The van der Waals surface area contributed by atoms with E-state index in [2.05, 4.69) is 4.90 Å². The van der Waals surface area contributed by atoms with Crippen LogP contribution < -0.4 is 0 Å². The van der Waals surface area contributed by atoms with Crippen LogP contribution in [0.3, 0.4) is 0 Å². The number of morpholine rings is 1. The summed E-state index contributed by atoms with van der Waals surface area (Å²) < 4.78 is 31.6. The second kappa shape index (κ2) is 5.95. The Kier molecular flexibility index (Phi) is 4.54. The number of benzene rings is 1. The van der Waals surface area contributed by atoms with Gasteiger partial charge in [-0.3, -0.25) is 4.90 Å². The van der Waals surface area contributed by atoms with E-state index in [4.69, 9.17) is 16.3 Å². The zero-order valence-corrected chi connectivity index (χ0v) is 11.0. The van der Waals surface area contributed by atoms with Gasteiger partial charge in [-0.05, 0) is 24.6 Å². The van der Waals surface area contributed by atoms with Crippen LogP contribution in [0, 0.1) is 11.6 Å². The van der Waals surface area contributed by atoms with Gasteiger partial charge in [0.2, 0.25) is 0 Å². The molecule has 2 unspecified atom stereocenters. The van der Waals surface area contributed by atoms with Gasteiger partial charge in [-0.1, -0.05) is 6.07 Å². The first-order valence-corrected chi connectivity index (χ1v) is 6.49. The van der Waals surface area contributed by atoms with Crippen LogP contribution in [0.2, 0.25) is 0 Å². The fraction of sp³-hybridized carbons (Fsp3) is 0.538. The second-order valence-corrected chi connectivity index (χ2v) is 4.97. The third-order valence-electron chi connectivity index (χ3n) is 2.96. The normalized spacial score (nSPS) is 25.3. The maximum Gasteiger partial charge on any atom is 0.159 e. The summed E-state index contributed by atoms with van der Waals surface area (Å²) in [6.45, 7) is 4.05. The summed E-state index contributed by atoms with van der Waals surface area (Å²) in [5.41, 5.74) is 0.760. The maximum absolute atomic E-state index is 13.1. The third-order valence-corrected chi connectivity index (χ3v) is 3.31. The monoisotopic (exact) mass is 275 g/mol. The minimum Gasteiger partial charge on any atom is -0.371 e. The molecule has 1 aromatic carbocycles. The topological polar surface area (TPSA) is 12.5 Å². The molecule has 2 nitrogen and oxygen atoms in total. The smallest absolute Gasteiger partial charge is 0.159 e. The van der Waals surface area contributed by atoms with Gasteiger partial charge < -0.3 is 4.74 Å². The molecular weight excluding hydrogens is 260 g/mol. The van der Waals surface area contributed by atoms with E-state index in [9.17, 15) is 8.78 Å². The van der Waals surface area contributed by atoms with E-state index in [0.717, 1.165) is 18.2 Å². The Morgan fingerprint density at radius 2 is 2.11 bits per heavy atom. The molecule has 2 rings (SSSR count). The van der Waals surface area contributed by atoms with Crippen LogP contribution >= 0.6 is 11.6 Å². The van der Waals surface area contributed by atoms with E-state index in [0.29, 0.717) is 19.0 Å². The van der Waals surface area contributed by atoms with Gasteiger partial charge in [-0.2, -0.15) is 0 Å². The molecule has 0 radical (unpaired) electrons. The Morgan fingerprint density at radius 3 is 2.78 bits per heavy atom. The first-order chi connectivity index (χ1) is 8.58. The number of hydrogen-bond donors (Lipinski definition) is 0. The van der Waals surface area contributed by atoms with E-state index in [1.807, 2.05) is 6.92 Å². The summed E-state index contributed by atoms with van der Waals surface area (Å²) in [6.07, 6.45) is 0.105. The molecule has 1 heterocycles. The number of nitrogens with zero attached hydrogens (tertiary/aromatic N) is 1. The molecule has 1 aromatic rings. The van der Waals surface area contributed by atoms with E-state index in [1.54, 1.807) is 6.07 Å². The van der Waals surface area contributed by atoms with Crippen LogP contribution in [0.1, 0.15) is 12.5 Å². The first-order valence-electron chi connectivity index (χ1n) is 5.96. The highest BCUT2D eigenvalue weighted by Gasteiger charge is 2.24. The van der Waals surface area contributed by atoms with Gasteiger partial charge in [0.15, 0.2) is 11.6 Å². The first kappa shape index (κ1) is 13.7. The van der Waals surface area contributed by atoms with Crippen molar-refractivity contribution in [2.24, 2.45) is 0 Å². The van der Waals surface area contributed by atoms with Crippen LogP contribution in [0.4, 0.5) is 8.78 Å². The SMILES string of the molecule is CC1CN(Cc2ccc(F)c(F)c2)CC(CCl)O1. The molecule has 0 amide bonds. The molecule has 1 aliphatic heterocycles. The maximum atomic E-state index is 13.1. The van der Waals surface area contributed by atoms with Crippen LogP contribution in [0.15, 0.2) is 18.2 Å². The Bertz CT molecular complexity index is 416. The largest absolute Gasteiger partial charge is 0.371 e. The molecule has 0 spiro atoms. The van der Waals surface area contributed by atoms with Crippen LogP contribution in [-0.4, -0.2) is 36.1 Å². The van der Waals surface area contributed by atoms with Gasteiger partial charge in [-0.25, -0.2) is 8.78 Å². The predicted molar refractivity (Wildman–Crippen MR) is 66.7 cm³/mol. The summed E-state index contributed by atoms with van der Waals surface area (Å²) in [5.74, 6) is -1.17. The second-order valence-electron chi connectivity index (χ2n) is 4.67. The Hall–Kier alpha value is -0.710. The van der Waals surface area contributed by atoms with Gasteiger partial charge in [0.1, 0.15) is 0 Å². The lowest BCUT2D eigenvalue weighted by Crippen LogP contribution is -2.46. The van der Waals surface area contributed by atoms with E-state index >= 15 is 0 Å². The predicted octanol–water partition coefficient (Wildman–Crippen LogP) is 2.79. The highest BCUT2D eigenvalue weighted by Crippen LogP contribution is 2.16. The molecule has 0 aromatic heterocycles. The average molecular weight is 276 g/mol. The Morgan fingerprint density at radius 1 is 1.33 bits per heavy atom. The minimum absolute atomic E-state index is 0.000659. The molecule has 1 saturated heterocycles. The van der Waals surface area contributed by atoms with Gasteiger partial charge in [0, 0.05) is 25.5 Å².